The molecule has 104 valence electrons. The first-order chi connectivity index (χ1) is 9.52. The molecule has 0 amide bonds. The molecule has 0 heterocycles. The number of hydrogen-bond donors (Lipinski definition) is 0. The summed E-state index contributed by atoms with van der Waals surface area (Å²) in [6, 6.07) is 9.75. The molecular weight excluding hydrogens is 237 g/mol. The van der Waals surface area contributed by atoms with Crippen molar-refractivity contribution in [2.45, 2.75) is 67.8 Å². The quantitative estimate of drug-likeness (QED) is 0.716. The summed E-state index contributed by atoms with van der Waals surface area (Å²) in [6.07, 6.45) is 11.1. The van der Waals surface area contributed by atoms with Crippen LogP contribution in [0.5, 0.6) is 0 Å². The van der Waals surface area contributed by atoms with Gasteiger partial charge in [0.25, 0.3) is 0 Å². The molecule has 0 unspecified atom stereocenters. The molecule has 2 fully saturated rings. The molecule has 3 heteroatoms. The van der Waals surface area contributed by atoms with Crippen LogP contribution >= 0.6 is 0 Å². The second-order valence-electron chi connectivity index (χ2n) is 8.09. The van der Waals surface area contributed by atoms with E-state index in [1.807, 2.05) is 0 Å². The van der Waals surface area contributed by atoms with Gasteiger partial charge >= 0.3 is 0 Å². The Kier molecular flexibility index (Phi) is 3.82. The van der Waals surface area contributed by atoms with Crippen LogP contribution in [0.3, 0.4) is 0 Å². The standard InChI is InChI=1S/C17H27B3/c18-15-7-11-17(20,12-8-15)14-5-3-13(4-6-14)16(19)9-1-2-10-16/h3-6,15H,1-2,7-12,18-20H2. The monoisotopic (exact) mass is 264 g/mol. The Morgan fingerprint density at radius 1 is 0.750 bits per heavy atom. The molecule has 0 bridgehead atoms. The molecule has 0 atom stereocenters. The van der Waals surface area contributed by atoms with Gasteiger partial charge in [-0.25, -0.2) is 0 Å². The zero-order valence-corrected chi connectivity index (χ0v) is 13.5. The van der Waals surface area contributed by atoms with Crippen LogP contribution < -0.4 is 0 Å². The lowest BCUT2D eigenvalue weighted by molar-refractivity contribution is 0.398. The van der Waals surface area contributed by atoms with Gasteiger partial charge in [0.1, 0.15) is 23.5 Å². The highest BCUT2D eigenvalue weighted by Gasteiger charge is 2.33. The van der Waals surface area contributed by atoms with E-state index in [1.165, 1.54) is 51.4 Å². The molecule has 1 aromatic carbocycles. The second-order valence-corrected chi connectivity index (χ2v) is 8.09. The molecule has 0 saturated heterocycles. The predicted molar refractivity (Wildman–Crippen MR) is 96.1 cm³/mol. The molecule has 0 aromatic heterocycles. The lowest BCUT2D eigenvalue weighted by Gasteiger charge is -2.37. The van der Waals surface area contributed by atoms with E-state index in [2.05, 4.69) is 47.8 Å². The summed E-state index contributed by atoms with van der Waals surface area (Å²) in [4.78, 5) is 0. The topological polar surface area (TPSA) is 0 Å². The van der Waals surface area contributed by atoms with Gasteiger partial charge < -0.3 is 0 Å². The third-order valence-electron chi connectivity index (χ3n) is 6.36. The maximum Gasteiger partial charge on any atom is 0.115 e. The minimum Gasteiger partial charge on any atom is -0.0697 e. The number of benzene rings is 1. The van der Waals surface area contributed by atoms with E-state index in [0.29, 0.717) is 10.6 Å². The van der Waals surface area contributed by atoms with Crippen molar-refractivity contribution in [2.24, 2.45) is 0 Å². The van der Waals surface area contributed by atoms with Crippen LogP contribution in [0.4, 0.5) is 0 Å². The van der Waals surface area contributed by atoms with E-state index < -0.39 is 0 Å². The number of hydrogen-bond acceptors (Lipinski definition) is 0. The zero-order chi connectivity index (χ0) is 14.2. The Labute approximate surface area is 127 Å². The summed E-state index contributed by atoms with van der Waals surface area (Å²) in [6.45, 7) is 0. The lowest BCUT2D eigenvalue weighted by Crippen LogP contribution is -2.31. The van der Waals surface area contributed by atoms with Crippen LogP contribution in [0.25, 0.3) is 0 Å². The van der Waals surface area contributed by atoms with Gasteiger partial charge in [0.2, 0.25) is 0 Å². The smallest absolute Gasteiger partial charge is 0.0697 e. The first-order valence-corrected chi connectivity index (χ1v) is 8.63. The largest absolute Gasteiger partial charge is 0.115 e. The fourth-order valence-corrected chi connectivity index (χ4v) is 4.41. The Morgan fingerprint density at radius 2 is 1.15 bits per heavy atom. The van der Waals surface area contributed by atoms with Gasteiger partial charge in [0, 0.05) is 0 Å². The maximum atomic E-state index is 2.48. The van der Waals surface area contributed by atoms with Crippen LogP contribution in [0.2, 0.25) is 5.82 Å². The Morgan fingerprint density at radius 3 is 1.60 bits per heavy atom. The summed E-state index contributed by atoms with van der Waals surface area (Å²) >= 11 is 0. The van der Waals surface area contributed by atoms with Crippen molar-refractivity contribution < 1.29 is 0 Å². The Hall–Kier alpha value is -0.585. The summed E-state index contributed by atoms with van der Waals surface area (Å²) in [5, 5.41) is 0.891. The molecule has 0 radical (unpaired) electrons. The van der Waals surface area contributed by atoms with E-state index in [1.54, 1.807) is 11.1 Å². The molecular formula is C17H27B3. The third kappa shape index (κ3) is 2.61. The van der Waals surface area contributed by atoms with Crippen molar-refractivity contribution in [3.8, 4) is 0 Å². The first-order valence-electron chi connectivity index (χ1n) is 8.63. The molecule has 2 saturated carbocycles. The average molecular weight is 264 g/mol. The highest BCUT2D eigenvalue weighted by Crippen LogP contribution is 2.42. The summed E-state index contributed by atoms with van der Waals surface area (Å²) in [7, 11) is 7.34. The van der Waals surface area contributed by atoms with Crippen LogP contribution in [-0.2, 0) is 10.6 Å². The Bertz CT molecular complexity index is 452. The minimum absolute atomic E-state index is 0.432. The minimum atomic E-state index is 0.432. The van der Waals surface area contributed by atoms with Crippen LogP contribution in [0.15, 0.2) is 24.3 Å². The number of rotatable bonds is 2. The van der Waals surface area contributed by atoms with Crippen LogP contribution in [0.1, 0.15) is 62.5 Å². The van der Waals surface area contributed by atoms with Gasteiger partial charge in [0.05, 0.1) is 0 Å². The summed E-state index contributed by atoms with van der Waals surface area (Å²) < 4.78 is 0. The van der Waals surface area contributed by atoms with E-state index >= 15 is 0 Å². The van der Waals surface area contributed by atoms with E-state index in [-0.39, 0.29) is 0 Å². The van der Waals surface area contributed by atoms with E-state index in [0.717, 1.165) is 5.82 Å². The van der Waals surface area contributed by atoms with Crippen molar-refractivity contribution in [1.29, 1.82) is 0 Å². The van der Waals surface area contributed by atoms with Crippen molar-refractivity contribution in [3.63, 3.8) is 0 Å². The van der Waals surface area contributed by atoms with Gasteiger partial charge in [-0.2, -0.15) is 0 Å². The highest BCUT2D eigenvalue weighted by molar-refractivity contribution is 6.17. The van der Waals surface area contributed by atoms with Crippen molar-refractivity contribution in [1.82, 2.24) is 0 Å². The van der Waals surface area contributed by atoms with Gasteiger partial charge in [-0.1, -0.05) is 81.4 Å². The molecule has 0 nitrogen and oxygen atoms in total. The maximum absolute atomic E-state index is 2.48. The van der Waals surface area contributed by atoms with Gasteiger partial charge in [-0.05, 0) is 21.8 Å². The second kappa shape index (κ2) is 5.32. The molecule has 1 aromatic rings. The molecule has 0 spiro atoms. The average Bonchev–Trinajstić information content (AvgIpc) is 2.91. The van der Waals surface area contributed by atoms with Crippen molar-refractivity contribution in [2.75, 3.05) is 0 Å². The fourth-order valence-electron chi connectivity index (χ4n) is 4.41. The summed E-state index contributed by atoms with van der Waals surface area (Å²) in [5.74, 6) is 0.930. The van der Waals surface area contributed by atoms with E-state index in [9.17, 15) is 0 Å². The fraction of sp³-hybridized carbons (Fsp3) is 0.647. The molecule has 3 rings (SSSR count). The third-order valence-corrected chi connectivity index (χ3v) is 6.36. The molecule has 2 aliphatic rings. The van der Waals surface area contributed by atoms with Gasteiger partial charge in [0.15, 0.2) is 0 Å². The molecule has 20 heavy (non-hydrogen) atoms. The van der Waals surface area contributed by atoms with Gasteiger partial charge in [-0.15, -0.1) is 0 Å². The van der Waals surface area contributed by atoms with Crippen molar-refractivity contribution in [3.05, 3.63) is 35.4 Å². The highest BCUT2D eigenvalue weighted by atomic mass is 14.3. The van der Waals surface area contributed by atoms with Crippen molar-refractivity contribution >= 4 is 23.5 Å². The SMILES string of the molecule is BC1CCC(B)(c2ccc(C3(B)CCCC3)cc2)CC1. The van der Waals surface area contributed by atoms with Crippen LogP contribution in [0, 0.1) is 0 Å². The molecule has 0 aliphatic heterocycles. The lowest BCUT2D eigenvalue weighted by atomic mass is 9.53. The van der Waals surface area contributed by atoms with E-state index in [4.69, 9.17) is 0 Å². The normalized spacial score (nSPS) is 33.1. The molecule has 2 aliphatic carbocycles. The molecule has 0 N–H and O–H groups in total. The predicted octanol–water partition coefficient (Wildman–Crippen LogP) is 1.91. The Balaban J connectivity index is 1.79. The van der Waals surface area contributed by atoms with Gasteiger partial charge in [-0.3, -0.25) is 0 Å². The zero-order valence-electron chi connectivity index (χ0n) is 13.5. The summed E-state index contributed by atoms with van der Waals surface area (Å²) in [5.41, 5.74) is 3.15. The first kappa shape index (κ1) is 14.4. The van der Waals surface area contributed by atoms with Crippen LogP contribution in [-0.4, -0.2) is 23.5 Å².